The molecule has 1 aromatic heterocycles. The first-order chi connectivity index (χ1) is 13.4. The minimum Gasteiger partial charge on any atom is -0.389 e. The van der Waals surface area contributed by atoms with Crippen LogP contribution in [0.3, 0.4) is 0 Å². The number of H-pyrrole nitrogens is 1. The summed E-state index contributed by atoms with van der Waals surface area (Å²) >= 11 is 9.58. The molecular weight excluding hydrogens is 452 g/mol. The second-order valence-corrected chi connectivity index (χ2v) is 9.03. The minimum atomic E-state index is -1.02. The molecule has 3 unspecified atom stereocenters. The zero-order valence-electron chi connectivity index (χ0n) is 15.5. The quantitative estimate of drug-likeness (QED) is 0.485. The molecule has 1 fully saturated rings. The van der Waals surface area contributed by atoms with Gasteiger partial charge in [0.2, 0.25) is 0 Å². The van der Waals surface area contributed by atoms with E-state index in [9.17, 15) is 9.90 Å². The van der Waals surface area contributed by atoms with Crippen molar-refractivity contribution in [3.05, 3.63) is 79.5 Å². The molecule has 0 saturated carbocycles. The van der Waals surface area contributed by atoms with E-state index in [4.69, 9.17) is 11.6 Å². The zero-order chi connectivity index (χ0) is 19.9. The second kappa shape index (κ2) is 8.60. The normalized spacial score (nSPS) is 22.8. The van der Waals surface area contributed by atoms with E-state index in [1.54, 1.807) is 0 Å². The highest BCUT2D eigenvalue weighted by Crippen LogP contribution is 2.41. The SMILES string of the molecule is C.CC1CC(O)(C(c2ccc(Cl)cc2)c2cc3cc(Br)ccc3[nH]c2=O)CCN1. The lowest BCUT2D eigenvalue weighted by Gasteiger charge is -2.42. The summed E-state index contributed by atoms with van der Waals surface area (Å²) in [6.45, 7) is 2.77. The van der Waals surface area contributed by atoms with Crippen molar-refractivity contribution in [3.8, 4) is 0 Å². The van der Waals surface area contributed by atoms with Gasteiger partial charge in [0, 0.05) is 32.5 Å². The minimum absolute atomic E-state index is 0. The average molecular weight is 478 g/mol. The number of halogens is 2. The van der Waals surface area contributed by atoms with Crippen LogP contribution in [0.4, 0.5) is 0 Å². The van der Waals surface area contributed by atoms with Crippen LogP contribution in [0.2, 0.25) is 5.02 Å². The molecular formula is C23H26BrClN2O2. The summed E-state index contributed by atoms with van der Waals surface area (Å²) in [7, 11) is 0. The molecule has 1 aliphatic heterocycles. The molecule has 2 aromatic carbocycles. The van der Waals surface area contributed by atoms with Gasteiger partial charge in [-0.2, -0.15) is 0 Å². The lowest BCUT2D eigenvalue weighted by molar-refractivity contribution is -0.0166. The van der Waals surface area contributed by atoms with Crippen molar-refractivity contribution in [2.45, 2.75) is 44.8 Å². The van der Waals surface area contributed by atoms with Gasteiger partial charge in [-0.15, -0.1) is 0 Å². The Balaban J connectivity index is 0.00000240. The van der Waals surface area contributed by atoms with Gasteiger partial charge in [-0.25, -0.2) is 0 Å². The Labute approximate surface area is 184 Å². The van der Waals surface area contributed by atoms with Gasteiger partial charge in [0.15, 0.2) is 0 Å². The third kappa shape index (κ3) is 4.43. The van der Waals surface area contributed by atoms with E-state index in [2.05, 4.69) is 33.2 Å². The number of hydrogen-bond acceptors (Lipinski definition) is 3. The predicted octanol–water partition coefficient (Wildman–Crippen LogP) is 5.22. The molecule has 0 amide bonds. The Hall–Kier alpha value is -1.66. The fraction of sp³-hybridized carbons (Fsp3) is 0.348. The maximum atomic E-state index is 13.0. The molecule has 1 saturated heterocycles. The topological polar surface area (TPSA) is 65.1 Å². The standard InChI is InChI=1S/C22H22BrClN2O2.CH4/c1-13-12-22(28,8-9-25-13)20(14-2-5-17(24)6-3-14)18-11-15-10-16(23)4-7-19(15)26-21(18)27;/h2-7,10-11,13,20,25,28H,8-9,12H2,1H3,(H,26,27);1H4. The number of aromatic amines is 1. The molecule has 154 valence electrons. The van der Waals surface area contributed by atoms with E-state index in [1.807, 2.05) is 48.5 Å². The molecule has 3 atom stereocenters. The summed E-state index contributed by atoms with van der Waals surface area (Å²) in [5.74, 6) is -0.443. The molecule has 29 heavy (non-hydrogen) atoms. The molecule has 0 spiro atoms. The Kier molecular flexibility index (Phi) is 6.54. The van der Waals surface area contributed by atoms with Gasteiger partial charge in [-0.05, 0) is 73.7 Å². The van der Waals surface area contributed by atoms with Gasteiger partial charge in [-0.1, -0.05) is 47.1 Å². The van der Waals surface area contributed by atoms with Crippen molar-refractivity contribution in [1.82, 2.24) is 10.3 Å². The third-order valence-corrected chi connectivity index (χ3v) is 6.34. The molecule has 0 radical (unpaired) electrons. The Morgan fingerprint density at radius 1 is 1.21 bits per heavy atom. The Morgan fingerprint density at radius 3 is 2.62 bits per heavy atom. The predicted molar refractivity (Wildman–Crippen MR) is 124 cm³/mol. The Bertz CT molecular complexity index is 1070. The van der Waals surface area contributed by atoms with E-state index in [0.29, 0.717) is 30.0 Å². The lowest BCUT2D eigenvalue weighted by atomic mass is 9.71. The van der Waals surface area contributed by atoms with Crippen molar-refractivity contribution < 1.29 is 5.11 Å². The maximum Gasteiger partial charge on any atom is 0.252 e. The smallest absolute Gasteiger partial charge is 0.252 e. The second-order valence-electron chi connectivity index (χ2n) is 7.68. The van der Waals surface area contributed by atoms with Gasteiger partial charge in [0.1, 0.15) is 0 Å². The van der Waals surface area contributed by atoms with Crippen LogP contribution >= 0.6 is 27.5 Å². The highest BCUT2D eigenvalue weighted by Gasteiger charge is 2.42. The molecule has 6 heteroatoms. The first-order valence-electron chi connectivity index (χ1n) is 9.39. The van der Waals surface area contributed by atoms with Gasteiger partial charge in [-0.3, -0.25) is 4.79 Å². The highest BCUT2D eigenvalue weighted by atomic mass is 79.9. The maximum absolute atomic E-state index is 13.0. The van der Waals surface area contributed by atoms with Crippen LogP contribution in [-0.4, -0.2) is 28.3 Å². The number of nitrogens with one attached hydrogen (secondary N) is 2. The monoisotopic (exact) mass is 476 g/mol. The fourth-order valence-electron chi connectivity index (χ4n) is 4.34. The molecule has 2 heterocycles. The number of aliphatic hydroxyl groups is 1. The largest absolute Gasteiger partial charge is 0.389 e. The van der Waals surface area contributed by atoms with E-state index < -0.39 is 11.5 Å². The van der Waals surface area contributed by atoms with Crippen LogP contribution < -0.4 is 10.9 Å². The van der Waals surface area contributed by atoms with Gasteiger partial charge < -0.3 is 15.4 Å². The number of piperidine rings is 1. The number of rotatable bonds is 3. The molecule has 3 aromatic rings. The average Bonchev–Trinajstić information content (AvgIpc) is 2.64. The summed E-state index contributed by atoms with van der Waals surface area (Å²) in [6, 6.07) is 15.3. The molecule has 0 bridgehead atoms. The number of fused-ring (bicyclic) bond motifs is 1. The number of aromatic nitrogens is 1. The molecule has 0 aliphatic carbocycles. The van der Waals surface area contributed by atoms with E-state index in [-0.39, 0.29) is 19.0 Å². The number of hydrogen-bond donors (Lipinski definition) is 3. The third-order valence-electron chi connectivity index (χ3n) is 5.60. The molecule has 1 aliphatic rings. The zero-order valence-corrected chi connectivity index (χ0v) is 17.8. The van der Waals surface area contributed by atoms with Gasteiger partial charge in [0.25, 0.3) is 5.56 Å². The van der Waals surface area contributed by atoms with Crippen LogP contribution in [0, 0.1) is 0 Å². The fourth-order valence-corrected chi connectivity index (χ4v) is 4.85. The molecule has 4 rings (SSSR count). The summed E-state index contributed by atoms with van der Waals surface area (Å²) < 4.78 is 0.940. The number of pyridine rings is 1. The number of benzene rings is 2. The summed E-state index contributed by atoms with van der Waals surface area (Å²) in [5, 5.41) is 16.6. The van der Waals surface area contributed by atoms with Gasteiger partial charge >= 0.3 is 0 Å². The Morgan fingerprint density at radius 2 is 1.93 bits per heavy atom. The van der Waals surface area contributed by atoms with Crippen LogP contribution in [-0.2, 0) is 0 Å². The first-order valence-corrected chi connectivity index (χ1v) is 10.6. The molecule has 3 N–H and O–H groups in total. The van der Waals surface area contributed by atoms with Crippen LogP contribution in [0.1, 0.15) is 44.2 Å². The van der Waals surface area contributed by atoms with E-state index in [1.165, 1.54) is 0 Å². The first kappa shape index (κ1) is 22.0. The van der Waals surface area contributed by atoms with E-state index in [0.717, 1.165) is 20.9 Å². The van der Waals surface area contributed by atoms with E-state index >= 15 is 0 Å². The van der Waals surface area contributed by atoms with Crippen LogP contribution in [0.15, 0.2) is 57.8 Å². The van der Waals surface area contributed by atoms with Crippen LogP contribution in [0.25, 0.3) is 10.9 Å². The van der Waals surface area contributed by atoms with Crippen molar-refractivity contribution >= 4 is 38.4 Å². The summed E-state index contributed by atoms with van der Waals surface area (Å²) in [5.41, 5.74) is 1.04. The van der Waals surface area contributed by atoms with Crippen molar-refractivity contribution in [3.63, 3.8) is 0 Å². The van der Waals surface area contributed by atoms with Crippen molar-refractivity contribution in [1.29, 1.82) is 0 Å². The van der Waals surface area contributed by atoms with Crippen molar-refractivity contribution in [2.24, 2.45) is 0 Å². The van der Waals surface area contributed by atoms with Crippen molar-refractivity contribution in [2.75, 3.05) is 6.54 Å². The highest BCUT2D eigenvalue weighted by molar-refractivity contribution is 9.10. The molecule has 4 nitrogen and oxygen atoms in total. The van der Waals surface area contributed by atoms with Gasteiger partial charge in [0.05, 0.1) is 5.60 Å². The summed E-state index contributed by atoms with van der Waals surface area (Å²) in [4.78, 5) is 16.0. The summed E-state index contributed by atoms with van der Waals surface area (Å²) in [6.07, 6.45) is 1.14. The lowest BCUT2D eigenvalue weighted by Crippen LogP contribution is -2.51. The van der Waals surface area contributed by atoms with Crippen LogP contribution in [0.5, 0.6) is 0 Å².